The number of benzene rings is 3. The first-order chi connectivity index (χ1) is 18.0. The van der Waals surface area contributed by atoms with Crippen LogP contribution in [0.5, 0.6) is 11.5 Å². The van der Waals surface area contributed by atoms with E-state index in [1.165, 1.54) is 4.90 Å². The quantitative estimate of drug-likeness (QED) is 0.363. The van der Waals surface area contributed by atoms with Gasteiger partial charge in [-0.3, -0.25) is 14.5 Å². The van der Waals surface area contributed by atoms with E-state index in [0.29, 0.717) is 34.5 Å². The molecule has 0 saturated carbocycles. The molecular formula is C28H24N4O4S. The Morgan fingerprint density at radius 3 is 2.70 bits per heavy atom. The van der Waals surface area contributed by atoms with Gasteiger partial charge in [-0.15, -0.1) is 0 Å². The van der Waals surface area contributed by atoms with E-state index in [1.54, 1.807) is 0 Å². The molecule has 1 fully saturated rings. The fourth-order valence-corrected chi connectivity index (χ4v) is 5.08. The van der Waals surface area contributed by atoms with Crippen LogP contribution in [0, 0.1) is 6.92 Å². The summed E-state index contributed by atoms with van der Waals surface area (Å²) in [5, 5.41) is 4.34. The number of thiocarbonyl (C=S) groups is 1. The van der Waals surface area contributed by atoms with Crippen molar-refractivity contribution in [3.05, 3.63) is 84.1 Å². The molecule has 37 heavy (non-hydrogen) atoms. The van der Waals surface area contributed by atoms with Gasteiger partial charge in [0.1, 0.15) is 6.04 Å². The molecule has 0 radical (unpaired) electrons. The Balaban J connectivity index is 1.27. The van der Waals surface area contributed by atoms with Crippen LogP contribution in [0.25, 0.3) is 10.9 Å². The predicted octanol–water partition coefficient (Wildman–Crippen LogP) is 4.74. The second-order valence-electron chi connectivity index (χ2n) is 9.16. The Morgan fingerprint density at radius 1 is 1.05 bits per heavy atom. The lowest BCUT2D eigenvalue weighted by atomic mass is 10.1. The summed E-state index contributed by atoms with van der Waals surface area (Å²) < 4.78 is 10.9. The topological polar surface area (TPSA) is 86.9 Å². The molecule has 2 aliphatic rings. The minimum atomic E-state index is -0.756. The van der Waals surface area contributed by atoms with Gasteiger partial charge in [-0.2, -0.15) is 0 Å². The normalized spacial score (nSPS) is 16.6. The number of hydrogen-bond acceptors (Lipinski definition) is 5. The number of nitrogens with zero attached hydrogens (tertiary/aromatic N) is 2. The number of hydrogen-bond donors (Lipinski definition) is 2. The average molecular weight is 513 g/mol. The van der Waals surface area contributed by atoms with Crippen LogP contribution in [0.3, 0.4) is 0 Å². The highest BCUT2D eigenvalue weighted by molar-refractivity contribution is 7.80. The van der Waals surface area contributed by atoms with E-state index in [2.05, 4.69) is 10.3 Å². The Kier molecular flexibility index (Phi) is 5.77. The molecule has 3 aromatic carbocycles. The van der Waals surface area contributed by atoms with E-state index >= 15 is 0 Å². The van der Waals surface area contributed by atoms with E-state index < -0.39 is 6.04 Å². The Hall–Kier alpha value is -4.37. The number of carbonyl (C=O) groups is 2. The number of anilines is 2. The number of amides is 2. The van der Waals surface area contributed by atoms with Crippen LogP contribution in [0.1, 0.15) is 17.5 Å². The maximum Gasteiger partial charge on any atom is 0.256 e. The van der Waals surface area contributed by atoms with Crippen molar-refractivity contribution in [3.63, 3.8) is 0 Å². The Labute approximate surface area is 218 Å². The molecule has 9 heteroatoms. The van der Waals surface area contributed by atoms with E-state index in [1.807, 2.05) is 84.8 Å². The Morgan fingerprint density at radius 2 is 1.86 bits per heavy atom. The summed E-state index contributed by atoms with van der Waals surface area (Å²) in [5.74, 6) is 0.830. The largest absolute Gasteiger partial charge is 0.454 e. The molecule has 1 unspecified atom stereocenters. The summed E-state index contributed by atoms with van der Waals surface area (Å²) in [5.41, 5.74) is 4.23. The maximum absolute atomic E-state index is 13.7. The van der Waals surface area contributed by atoms with Crippen molar-refractivity contribution >= 4 is 51.4 Å². The monoisotopic (exact) mass is 512 g/mol. The summed E-state index contributed by atoms with van der Waals surface area (Å²) in [6.07, 6.45) is 1.80. The third kappa shape index (κ3) is 4.38. The molecule has 186 valence electrons. The number of ether oxygens (including phenoxy) is 2. The molecule has 6 rings (SSSR count). The first-order valence-corrected chi connectivity index (χ1v) is 12.3. The number of aromatic amines is 1. The van der Waals surface area contributed by atoms with Crippen LogP contribution in [0.15, 0.2) is 72.9 Å². The number of H-pyrrole nitrogens is 1. The van der Waals surface area contributed by atoms with Gasteiger partial charge < -0.3 is 24.7 Å². The third-order valence-corrected chi connectivity index (χ3v) is 7.04. The molecule has 0 spiro atoms. The fourth-order valence-electron chi connectivity index (χ4n) is 4.69. The van der Waals surface area contributed by atoms with Crippen molar-refractivity contribution in [2.75, 3.05) is 17.0 Å². The zero-order chi connectivity index (χ0) is 25.5. The Bertz CT molecular complexity index is 1530. The number of rotatable bonds is 6. The fraction of sp³-hybridized carbons (Fsp3) is 0.179. The van der Waals surface area contributed by atoms with Crippen LogP contribution >= 0.6 is 12.2 Å². The highest BCUT2D eigenvalue weighted by Gasteiger charge is 2.44. The van der Waals surface area contributed by atoms with Gasteiger partial charge in [-0.05, 0) is 72.6 Å². The average Bonchev–Trinajstić information content (AvgIpc) is 3.60. The summed E-state index contributed by atoms with van der Waals surface area (Å²) in [6, 6.07) is 20.1. The van der Waals surface area contributed by atoms with E-state index in [4.69, 9.17) is 21.7 Å². The summed E-state index contributed by atoms with van der Waals surface area (Å²) in [4.78, 5) is 33.3. The molecule has 2 N–H and O–H groups in total. The van der Waals surface area contributed by atoms with Gasteiger partial charge in [0.15, 0.2) is 16.6 Å². The number of nitrogens with one attached hydrogen (secondary N) is 2. The van der Waals surface area contributed by atoms with Crippen molar-refractivity contribution < 1.29 is 19.1 Å². The molecule has 4 aromatic rings. The number of carbonyl (C=O) groups excluding carboxylic acids is 2. The molecule has 3 heterocycles. The second kappa shape index (κ2) is 9.25. The van der Waals surface area contributed by atoms with Gasteiger partial charge in [-0.25, -0.2) is 0 Å². The first kappa shape index (κ1) is 23.1. The molecule has 8 nitrogen and oxygen atoms in total. The molecule has 0 bridgehead atoms. The van der Waals surface area contributed by atoms with Crippen LogP contribution in [0.4, 0.5) is 11.4 Å². The lowest BCUT2D eigenvalue weighted by molar-refractivity contribution is -0.124. The third-order valence-electron chi connectivity index (χ3n) is 6.62. The maximum atomic E-state index is 13.7. The predicted molar refractivity (Wildman–Crippen MR) is 145 cm³/mol. The van der Waals surface area contributed by atoms with Gasteiger partial charge in [0, 0.05) is 23.9 Å². The molecule has 1 saturated heterocycles. The van der Waals surface area contributed by atoms with E-state index in [9.17, 15) is 9.59 Å². The SMILES string of the molecule is Cc1ccc(N2C(=O)C(CC(=O)Nc3ccc4cc[nH]c4c3)N(Cc3ccc4c(c3)OCO4)C2=S)cc1. The van der Waals surface area contributed by atoms with Crippen LogP contribution in [-0.2, 0) is 16.1 Å². The van der Waals surface area contributed by atoms with Crippen molar-refractivity contribution in [2.24, 2.45) is 0 Å². The molecule has 0 aliphatic carbocycles. The standard InChI is InChI=1S/C28H24N4O4S/c1-17-2-7-21(8-3-17)32-27(34)23(14-26(33)30-20-6-5-19-10-11-29-22(19)13-20)31(28(32)37)15-18-4-9-24-25(12-18)36-16-35-24/h2-13,23,29H,14-16H2,1H3,(H,30,33). The van der Waals surface area contributed by atoms with Gasteiger partial charge >= 0.3 is 0 Å². The smallest absolute Gasteiger partial charge is 0.256 e. The van der Waals surface area contributed by atoms with Crippen molar-refractivity contribution in [1.82, 2.24) is 9.88 Å². The number of aryl methyl sites for hydroxylation is 1. The first-order valence-electron chi connectivity index (χ1n) is 11.9. The molecule has 1 atom stereocenters. The summed E-state index contributed by atoms with van der Waals surface area (Å²) in [6.45, 7) is 2.51. The van der Waals surface area contributed by atoms with Gasteiger partial charge in [-0.1, -0.05) is 29.8 Å². The van der Waals surface area contributed by atoms with Crippen molar-refractivity contribution in [2.45, 2.75) is 25.9 Å². The minimum absolute atomic E-state index is 0.0470. The summed E-state index contributed by atoms with van der Waals surface area (Å²) >= 11 is 5.79. The zero-order valence-corrected chi connectivity index (χ0v) is 20.9. The lowest BCUT2D eigenvalue weighted by Crippen LogP contribution is -2.37. The van der Waals surface area contributed by atoms with Gasteiger partial charge in [0.25, 0.3) is 5.91 Å². The van der Waals surface area contributed by atoms with E-state index in [0.717, 1.165) is 22.0 Å². The number of aromatic nitrogens is 1. The second-order valence-corrected chi connectivity index (χ2v) is 9.52. The summed E-state index contributed by atoms with van der Waals surface area (Å²) in [7, 11) is 0. The lowest BCUT2D eigenvalue weighted by Gasteiger charge is -2.24. The highest BCUT2D eigenvalue weighted by atomic mass is 32.1. The molecule has 2 aliphatic heterocycles. The molecule has 1 aromatic heterocycles. The van der Waals surface area contributed by atoms with Crippen molar-refractivity contribution in [1.29, 1.82) is 0 Å². The van der Waals surface area contributed by atoms with Gasteiger partial charge in [0.05, 0.1) is 12.1 Å². The van der Waals surface area contributed by atoms with E-state index in [-0.39, 0.29) is 25.0 Å². The van der Waals surface area contributed by atoms with Gasteiger partial charge in [0.2, 0.25) is 12.7 Å². The highest BCUT2D eigenvalue weighted by Crippen LogP contribution is 2.34. The zero-order valence-electron chi connectivity index (χ0n) is 20.1. The van der Waals surface area contributed by atoms with Crippen LogP contribution < -0.4 is 19.7 Å². The van der Waals surface area contributed by atoms with Crippen molar-refractivity contribution in [3.8, 4) is 11.5 Å². The minimum Gasteiger partial charge on any atom is -0.454 e. The molecule has 2 amide bonds. The van der Waals surface area contributed by atoms with Crippen LogP contribution in [0.2, 0.25) is 0 Å². The number of fused-ring (bicyclic) bond motifs is 2. The molecular weight excluding hydrogens is 488 g/mol. The van der Waals surface area contributed by atoms with Crippen LogP contribution in [-0.4, -0.2) is 39.6 Å².